The number of carbonyl (C=O) groups is 2. The summed E-state index contributed by atoms with van der Waals surface area (Å²) in [6.45, 7) is 5.37. The summed E-state index contributed by atoms with van der Waals surface area (Å²) in [7, 11) is 1.49. The number of benzene rings is 1. The van der Waals surface area contributed by atoms with Gasteiger partial charge in [-0.05, 0) is 36.8 Å². The van der Waals surface area contributed by atoms with Crippen LogP contribution in [0.5, 0.6) is 0 Å². The normalized spacial score (nSPS) is 18.7. The highest BCUT2D eigenvalue weighted by Gasteiger charge is 2.26. The van der Waals surface area contributed by atoms with Crippen molar-refractivity contribution in [1.82, 2.24) is 24.8 Å². The number of halogens is 1. The molecular weight excluding hydrogens is 413 g/mol. The predicted molar refractivity (Wildman–Crippen MR) is 118 cm³/mol. The van der Waals surface area contributed by atoms with Gasteiger partial charge in [-0.2, -0.15) is 4.39 Å². The monoisotopic (exact) mass is 437 g/mol. The molecule has 2 N–H and O–H groups in total. The van der Waals surface area contributed by atoms with E-state index in [1.54, 1.807) is 18.5 Å². The summed E-state index contributed by atoms with van der Waals surface area (Å²) in [5.41, 5.74) is 4.16. The van der Waals surface area contributed by atoms with E-state index in [0.717, 1.165) is 35.4 Å². The molecule has 10 heteroatoms. The van der Waals surface area contributed by atoms with E-state index in [1.807, 2.05) is 22.5 Å². The third kappa shape index (κ3) is 3.46. The number of imidazole rings is 1. The van der Waals surface area contributed by atoms with Gasteiger partial charge in [0.15, 0.2) is 0 Å². The third-order valence-electron chi connectivity index (χ3n) is 6.19. The predicted octanol–water partition coefficient (Wildman–Crippen LogP) is 1.77. The lowest BCUT2D eigenvalue weighted by atomic mass is 10.1. The number of nitrogens with one attached hydrogen (secondary N) is 2. The van der Waals surface area contributed by atoms with Gasteiger partial charge >= 0.3 is 0 Å². The lowest BCUT2D eigenvalue weighted by Crippen LogP contribution is -2.46. The number of nitrogens with zero attached hydrogens (tertiary/aromatic N) is 5. The zero-order chi connectivity index (χ0) is 22.4. The number of anilines is 2. The fourth-order valence-electron chi connectivity index (χ4n) is 4.40. The average molecular weight is 437 g/mol. The standard InChI is InChI=1S/C22H24FN7O2/c1-13-21(31)27-17-10-14(9-16-19(17)30(13)12-25-16)11-28-5-7-29(8-6-28)18-4-3-15(22(32)24-2)26-20(18)23/h3-4,9-10,12-13H,5-8,11H2,1-2H3,(H,24,32)(H,27,31)/t13-/m1/s1. The van der Waals surface area contributed by atoms with Gasteiger partial charge in [-0.25, -0.2) is 9.97 Å². The molecule has 1 fully saturated rings. The number of rotatable bonds is 4. The molecule has 0 aliphatic carbocycles. The molecule has 0 unspecified atom stereocenters. The van der Waals surface area contributed by atoms with Crippen molar-refractivity contribution in [3.05, 3.63) is 47.8 Å². The zero-order valence-electron chi connectivity index (χ0n) is 17.9. The van der Waals surface area contributed by atoms with Crippen molar-refractivity contribution in [3.8, 4) is 0 Å². The Morgan fingerprint density at radius 1 is 1.25 bits per heavy atom. The van der Waals surface area contributed by atoms with Gasteiger partial charge in [0.25, 0.3) is 5.91 Å². The summed E-state index contributed by atoms with van der Waals surface area (Å²) in [5.74, 6) is -1.09. The topological polar surface area (TPSA) is 95.4 Å². The highest BCUT2D eigenvalue weighted by molar-refractivity contribution is 6.05. The molecule has 0 saturated carbocycles. The van der Waals surface area contributed by atoms with Crippen LogP contribution in [0.2, 0.25) is 0 Å². The molecule has 2 aliphatic rings. The van der Waals surface area contributed by atoms with Crippen LogP contribution in [0.3, 0.4) is 0 Å². The number of hydrogen-bond acceptors (Lipinski definition) is 6. The van der Waals surface area contributed by atoms with Crippen molar-refractivity contribution in [2.45, 2.75) is 19.5 Å². The minimum atomic E-state index is -0.635. The number of amides is 2. The molecule has 2 amide bonds. The molecule has 9 nitrogen and oxygen atoms in total. The second-order valence-electron chi connectivity index (χ2n) is 8.18. The maximum absolute atomic E-state index is 14.5. The fourth-order valence-corrected chi connectivity index (χ4v) is 4.40. The van der Waals surface area contributed by atoms with Crippen molar-refractivity contribution >= 4 is 34.2 Å². The first kappa shape index (κ1) is 20.4. The Kier molecular flexibility index (Phi) is 5.01. The first-order chi connectivity index (χ1) is 15.4. The minimum Gasteiger partial charge on any atom is -0.365 e. The summed E-state index contributed by atoms with van der Waals surface area (Å²) in [6.07, 6.45) is 1.72. The summed E-state index contributed by atoms with van der Waals surface area (Å²) in [5, 5.41) is 5.43. The van der Waals surface area contributed by atoms with Gasteiger partial charge in [0, 0.05) is 39.8 Å². The smallest absolute Gasteiger partial charge is 0.269 e. The van der Waals surface area contributed by atoms with Gasteiger partial charge in [0.1, 0.15) is 11.7 Å². The number of carbonyl (C=O) groups excluding carboxylic acids is 2. The first-order valence-corrected chi connectivity index (χ1v) is 10.6. The van der Waals surface area contributed by atoms with Crippen molar-refractivity contribution in [2.24, 2.45) is 0 Å². The minimum absolute atomic E-state index is 0.0411. The van der Waals surface area contributed by atoms with E-state index in [1.165, 1.54) is 7.05 Å². The van der Waals surface area contributed by atoms with E-state index >= 15 is 0 Å². The molecule has 0 bridgehead atoms. The van der Waals surface area contributed by atoms with Crippen LogP contribution in [0, 0.1) is 5.95 Å². The number of piperazine rings is 1. The van der Waals surface area contributed by atoms with Gasteiger partial charge in [0.2, 0.25) is 11.9 Å². The Balaban J connectivity index is 1.27. The maximum Gasteiger partial charge on any atom is 0.269 e. The molecule has 1 atom stereocenters. The molecule has 5 rings (SSSR count). The van der Waals surface area contributed by atoms with Crippen LogP contribution in [0.15, 0.2) is 30.6 Å². The van der Waals surface area contributed by atoms with E-state index in [9.17, 15) is 14.0 Å². The van der Waals surface area contributed by atoms with Gasteiger partial charge in [-0.3, -0.25) is 14.5 Å². The summed E-state index contributed by atoms with van der Waals surface area (Å²) in [6, 6.07) is 6.96. The highest BCUT2D eigenvalue weighted by Crippen LogP contribution is 2.32. The highest BCUT2D eigenvalue weighted by atomic mass is 19.1. The molecule has 3 aromatic rings. The zero-order valence-corrected chi connectivity index (χ0v) is 17.9. The van der Waals surface area contributed by atoms with Gasteiger partial charge in [-0.1, -0.05) is 0 Å². The van der Waals surface area contributed by atoms with Crippen LogP contribution in [0.1, 0.15) is 29.0 Å². The molecule has 1 aromatic carbocycles. The van der Waals surface area contributed by atoms with Crippen LogP contribution < -0.4 is 15.5 Å². The molecular formula is C22H24FN7O2. The first-order valence-electron chi connectivity index (χ1n) is 10.6. The lowest BCUT2D eigenvalue weighted by Gasteiger charge is -2.36. The van der Waals surface area contributed by atoms with E-state index in [2.05, 4.69) is 31.6 Å². The number of hydrogen-bond donors (Lipinski definition) is 2. The van der Waals surface area contributed by atoms with Crippen LogP contribution in [0.25, 0.3) is 11.0 Å². The van der Waals surface area contributed by atoms with Crippen molar-refractivity contribution in [2.75, 3.05) is 43.4 Å². The second-order valence-corrected chi connectivity index (χ2v) is 8.18. The van der Waals surface area contributed by atoms with E-state index < -0.39 is 11.9 Å². The third-order valence-corrected chi connectivity index (χ3v) is 6.19. The Morgan fingerprint density at radius 3 is 2.75 bits per heavy atom. The number of aromatic nitrogens is 3. The van der Waals surface area contributed by atoms with Crippen LogP contribution in [-0.2, 0) is 11.3 Å². The Labute approximate surface area is 184 Å². The fraction of sp³-hybridized carbons (Fsp3) is 0.364. The van der Waals surface area contributed by atoms with E-state index in [4.69, 9.17) is 0 Å². The molecule has 2 aromatic heterocycles. The summed E-state index contributed by atoms with van der Waals surface area (Å²) in [4.78, 5) is 36.4. The SMILES string of the molecule is CNC(=O)c1ccc(N2CCN(Cc3cc4c5c(c3)ncn5[C@H](C)C(=O)N4)CC2)c(F)n1. The maximum atomic E-state index is 14.5. The molecule has 166 valence electrons. The molecule has 0 radical (unpaired) electrons. The van der Waals surface area contributed by atoms with Crippen molar-refractivity contribution in [3.63, 3.8) is 0 Å². The summed E-state index contributed by atoms with van der Waals surface area (Å²) < 4.78 is 16.4. The second kappa shape index (κ2) is 7.86. The van der Waals surface area contributed by atoms with Crippen LogP contribution in [-0.4, -0.2) is 64.5 Å². The van der Waals surface area contributed by atoms with Crippen molar-refractivity contribution < 1.29 is 14.0 Å². The Hall–Kier alpha value is -3.53. The molecule has 1 saturated heterocycles. The molecule has 32 heavy (non-hydrogen) atoms. The van der Waals surface area contributed by atoms with Crippen LogP contribution >= 0.6 is 0 Å². The van der Waals surface area contributed by atoms with Gasteiger partial charge in [-0.15, -0.1) is 0 Å². The molecule has 0 spiro atoms. The number of pyridine rings is 1. The van der Waals surface area contributed by atoms with Crippen molar-refractivity contribution in [1.29, 1.82) is 0 Å². The molecule has 2 aliphatic heterocycles. The summed E-state index contributed by atoms with van der Waals surface area (Å²) >= 11 is 0. The van der Waals surface area contributed by atoms with Gasteiger partial charge in [0.05, 0.1) is 28.7 Å². The van der Waals surface area contributed by atoms with E-state index in [-0.39, 0.29) is 17.6 Å². The van der Waals surface area contributed by atoms with Gasteiger partial charge < -0.3 is 20.1 Å². The average Bonchev–Trinajstić information content (AvgIpc) is 3.22. The van der Waals surface area contributed by atoms with E-state index in [0.29, 0.717) is 25.3 Å². The van der Waals surface area contributed by atoms with Crippen LogP contribution in [0.4, 0.5) is 15.8 Å². The lowest BCUT2D eigenvalue weighted by molar-refractivity contribution is -0.118. The quantitative estimate of drug-likeness (QED) is 0.604. The largest absolute Gasteiger partial charge is 0.365 e. The Bertz CT molecular complexity index is 1220. The Morgan fingerprint density at radius 2 is 2.03 bits per heavy atom. The molecule has 4 heterocycles.